The van der Waals surface area contributed by atoms with Crippen LogP contribution in [0.15, 0.2) is 47.1 Å². The van der Waals surface area contributed by atoms with Gasteiger partial charge in [0, 0.05) is 5.69 Å². The normalized spacial score (nSPS) is 18.3. The molecule has 0 bridgehead atoms. The summed E-state index contributed by atoms with van der Waals surface area (Å²) in [7, 11) is 1.30. The van der Waals surface area contributed by atoms with Crippen LogP contribution in [0.2, 0.25) is 0 Å². The van der Waals surface area contributed by atoms with Gasteiger partial charge in [-0.15, -0.1) is 0 Å². The summed E-state index contributed by atoms with van der Waals surface area (Å²) in [6.45, 7) is 0.303. The van der Waals surface area contributed by atoms with Crippen molar-refractivity contribution >= 4 is 23.5 Å². The molecule has 1 heterocycles. The molecule has 7 heteroatoms. The standard InChI is InChI=1S/C18H18N2O5/c1-24-18(23)11-4-2-5-12(8-11)20-17(22)15-9-14(15)16(21)19-10-13-6-3-7-25-13/h2-8,14-15H,9-10H2,1H3,(H,19,21)(H,20,22). The van der Waals surface area contributed by atoms with Gasteiger partial charge in [0.25, 0.3) is 0 Å². The molecule has 2 unspecified atom stereocenters. The molecule has 0 spiro atoms. The summed E-state index contributed by atoms with van der Waals surface area (Å²) < 4.78 is 9.80. The summed E-state index contributed by atoms with van der Waals surface area (Å²) in [6.07, 6.45) is 2.05. The molecule has 1 aromatic carbocycles. The monoisotopic (exact) mass is 342 g/mol. The van der Waals surface area contributed by atoms with E-state index in [1.54, 1.807) is 30.3 Å². The highest BCUT2D eigenvalue weighted by Gasteiger charge is 2.47. The quantitative estimate of drug-likeness (QED) is 0.782. The highest BCUT2D eigenvalue weighted by atomic mass is 16.5. The summed E-state index contributed by atoms with van der Waals surface area (Å²) in [5.74, 6) is -0.913. The fourth-order valence-electron chi connectivity index (χ4n) is 2.57. The van der Waals surface area contributed by atoms with Crippen LogP contribution in [0.5, 0.6) is 0 Å². The molecule has 7 nitrogen and oxygen atoms in total. The largest absolute Gasteiger partial charge is 0.467 e. The molecule has 1 fully saturated rings. The highest BCUT2D eigenvalue weighted by Crippen LogP contribution is 2.39. The lowest BCUT2D eigenvalue weighted by atomic mass is 10.2. The zero-order valence-corrected chi connectivity index (χ0v) is 13.7. The first-order valence-corrected chi connectivity index (χ1v) is 7.88. The topological polar surface area (TPSA) is 97.6 Å². The van der Waals surface area contributed by atoms with Gasteiger partial charge in [0.2, 0.25) is 11.8 Å². The summed E-state index contributed by atoms with van der Waals surface area (Å²) in [4.78, 5) is 35.8. The molecular weight excluding hydrogens is 324 g/mol. The number of hydrogen-bond acceptors (Lipinski definition) is 5. The number of anilines is 1. The molecule has 2 aromatic rings. The van der Waals surface area contributed by atoms with Gasteiger partial charge in [-0.3, -0.25) is 9.59 Å². The number of hydrogen-bond donors (Lipinski definition) is 2. The number of methoxy groups -OCH3 is 1. The van der Waals surface area contributed by atoms with E-state index in [4.69, 9.17) is 4.42 Å². The Labute approximate surface area is 144 Å². The van der Waals surface area contributed by atoms with Gasteiger partial charge in [0.1, 0.15) is 5.76 Å². The van der Waals surface area contributed by atoms with Crippen LogP contribution in [-0.2, 0) is 20.9 Å². The smallest absolute Gasteiger partial charge is 0.337 e. The number of esters is 1. The maximum atomic E-state index is 12.2. The van der Waals surface area contributed by atoms with Crippen molar-refractivity contribution in [3.8, 4) is 0 Å². The summed E-state index contributed by atoms with van der Waals surface area (Å²) >= 11 is 0. The van der Waals surface area contributed by atoms with E-state index in [0.717, 1.165) is 0 Å². The van der Waals surface area contributed by atoms with Crippen molar-refractivity contribution in [2.24, 2.45) is 11.8 Å². The number of carbonyl (C=O) groups is 3. The molecule has 130 valence electrons. The summed E-state index contributed by atoms with van der Waals surface area (Å²) in [6, 6.07) is 9.99. The van der Waals surface area contributed by atoms with Gasteiger partial charge >= 0.3 is 5.97 Å². The van der Waals surface area contributed by atoms with E-state index in [-0.39, 0.29) is 23.7 Å². The molecule has 1 aliphatic carbocycles. The zero-order valence-electron chi connectivity index (χ0n) is 13.7. The first kappa shape index (κ1) is 16.8. The predicted octanol–water partition coefficient (Wildman–Crippen LogP) is 1.96. The van der Waals surface area contributed by atoms with E-state index in [9.17, 15) is 14.4 Å². The van der Waals surface area contributed by atoms with E-state index in [1.807, 2.05) is 0 Å². The SMILES string of the molecule is COC(=O)c1cccc(NC(=O)C2CC2C(=O)NCc2ccco2)c1. The minimum Gasteiger partial charge on any atom is -0.467 e. The number of amides is 2. The Balaban J connectivity index is 1.51. The second kappa shape index (κ2) is 7.21. The third kappa shape index (κ3) is 4.06. The van der Waals surface area contributed by atoms with E-state index in [0.29, 0.717) is 30.0 Å². The molecule has 1 saturated carbocycles. The van der Waals surface area contributed by atoms with Crippen LogP contribution in [0, 0.1) is 11.8 Å². The van der Waals surface area contributed by atoms with Crippen molar-refractivity contribution in [3.63, 3.8) is 0 Å². The Hall–Kier alpha value is -3.09. The molecule has 0 radical (unpaired) electrons. The minimum atomic E-state index is -0.474. The van der Waals surface area contributed by atoms with Crippen molar-refractivity contribution in [1.29, 1.82) is 0 Å². The molecule has 25 heavy (non-hydrogen) atoms. The Morgan fingerprint density at radius 2 is 1.96 bits per heavy atom. The first-order valence-electron chi connectivity index (χ1n) is 7.88. The first-order chi connectivity index (χ1) is 12.1. The van der Waals surface area contributed by atoms with Crippen molar-refractivity contribution in [2.75, 3.05) is 12.4 Å². The second-order valence-electron chi connectivity index (χ2n) is 5.81. The maximum Gasteiger partial charge on any atom is 0.337 e. The lowest BCUT2D eigenvalue weighted by Crippen LogP contribution is -2.26. The summed E-state index contributed by atoms with van der Waals surface area (Å²) in [5.41, 5.74) is 0.846. The van der Waals surface area contributed by atoms with Crippen LogP contribution in [-0.4, -0.2) is 24.9 Å². The van der Waals surface area contributed by atoms with Gasteiger partial charge in [-0.2, -0.15) is 0 Å². The fraction of sp³-hybridized carbons (Fsp3) is 0.278. The Kier molecular flexibility index (Phi) is 4.83. The van der Waals surface area contributed by atoms with E-state index in [1.165, 1.54) is 19.4 Å². The number of furan rings is 1. The van der Waals surface area contributed by atoms with Crippen LogP contribution in [0.4, 0.5) is 5.69 Å². The number of benzene rings is 1. The van der Waals surface area contributed by atoms with Gasteiger partial charge in [0.15, 0.2) is 0 Å². The predicted molar refractivity (Wildman–Crippen MR) is 88.6 cm³/mol. The molecule has 1 aliphatic rings. The minimum absolute atomic E-state index is 0.167. The average molecular weight is 342 g/mol. The highest BCUT2D eigenvalue weighted by molar-refractivity contribution is 6.00. The number of carbonyl (C=O) groups excluding carboxylic acids is 3. The number of nitrogens with one attached hydrogen (secondary N) is 2. The van der Waals surface area contributed by atoms with Crippen LogP contribution in [0.25, 0.3) is 0 Å². The fourth-order valence-corrected chi connectivity index (χ4v) is 2.57. The zero-order chi connectivity index (χ0) is 17.8. The summed E-state index contributed by atoms with van der Waals surface area (Å²) in [5, 5.41) is 5.49. The molecule has 2 amide bonds. The van der Waals surface area contributed by atoms with E-state index in [2.05, 4.69) is 15.4 Å². The third-order valence-electron chi connectivity index (χ3n) is 4.03. The second-order valence-corrected chi connectivity index (χ2v) is 5.81. The Morgan fingerprint density at radius 1 is 1.16 bits per heavy atom. The van der Waals surface area contributed by atoms with Gasteiger partial charge in [-0.25, -0.2) is 4.79 Å². The van der Waals surface area contributed by atoms with Crippen LogP contribution < -0.4 is 10.6 Å². The van der Waals surface area contributed by atoms with E-state index >= 15 is 0 Å². The molecule has 0 aliphatic heterocycles. The van der Waals surface area contributed by atoms with Gasteiger partial charge < -0.3 is 19.8 Å². The Morgan fingerprint density at radius 3 is 2.68 bits per heavy atom. The van der Waals surface area contributed by atoms with Crippen molar-refractivity contribution in [2.45, 2.75) is 13.0 Å². The van der Waals surface area contributed by atoms with Gasteiger partial charge in [-0.1, -0.05) is 6.07 Å². The van der Waals surface area contributed by atoms with Crippen LogP contribution >= 0.6 is 0 Å². The van der Waals surface area contributed by atoms with E-state index < -0.39 is 5.97 Å². The molecule has 3 rings (SSSR count). The lowest BCUT2D eigenvalue weighted by Gasteiger charge is -2.07. The molecule has 2 N–H and O–H groups in total. The van der Waals surface area contributed by atoms with Crippen molar-refractivity contribution < 1.29 is 23.5 Å². The average Bonchev–Trinajstić information content (AvgIpc) is 3.27. The van der Waals surface area contributed by atoms with Crippen LogP contribution in [0.1, 0.15) is 22.5 Å². The Bertz CT molecular complexity index is 785. The third-order valence-corrected chi connectivity index (χ3v) is 4.03. The van der Waals surface area contributed by atoms with Crippen molar-refractivity contribution in [3.05, 3.63) is 54.0 Å². The molecule has 2 atom stereocenters. The number of ether oxygens (including phenoxy) is 1. The molecule has 1 aromatic heterocycles. The molecule has 0 saturated heterocycles. The molecular formula is C18H18N2O5. The van der Waals surface area contributed by atoms with Gasteiger partial charge in [0.05, 0.1) is 37.3 Å². The lowest BCUT2D eigenvalue weighted by molar-refractivity contribution is -0.125. The van der Waals surface area contributed by atoms with Crippen molar-refractivity contribution in [1.82, 2.24) is 5.32 Å². The number of rotatable bonds is 6. The maximum absolute atomic E-state index is 12.2. The van der Waals surface area contributed by atoms with Gasteiger partial charge in [-0.05, 0) is 36.8 Å². The van der Waals surface area contributed by atoms with Crippen LogP contribution in [0.3, 0.4) is 0 Å².